The summed E-state index contributed by atoms with van der Waals surface area (Å²) in [7, 11) is -0.549. The van der Waals surface area contributed by atoms with Crippen molar-refractivity contribution in [3.8, 4) is 0 Å². The normalized spacial score (nSPS) is 20.8. The number of aromatic nitrogens is 1. The van der Waals surface area contributed by atoms with Crippen LogP contribution in [-0.2, 0) is 9.31 Å². The molecule has 1 aromatic heterocycles. The molecule has 0 radical (unpaired) electrons. The summed E-state index contributed by atoms with van der Waals surface area (Å²) in [6.07, 6.45) is 1.44. The Labute approximate surface area is 112 Å². The number of hydrogen-bond acceptors (Lipinski definition) is 3. The zero-order chi connectivity index (χ0) is 13.6. The Hall–Kier alpha value is -1.09. The fourth-order valence-electron chi connectivity index (χ4n) is 1.61. The molecule has 2 heterocycles. The first-order valence-electron chi connectivity index (χ1n) is 5.65. The highest BCUT2D eigenvalue weighted by Gasteiger charge is 2.52. The summed E-state index contributed by atoms with van der Waals surface area (Å²) in [5.74, 6) is 0. The van der Waals surface area contributed by atoms with E-state index in [9.17, 15) is 0 Å². The average molecular weight is 265 g/mol. The van der Waals surface area contributed by atoms with E-state index < -0.39 is 18.3 Å². The third-order valence-corrected chi connectivity index (χ3v) is 3.77. The summed E-state index contributed by atoms with van der Waals surface area (Å²) in [5, 5.41) is 0.365. The van der Waals surface area contributed by atoms with Gasteiger partial charge in [0.15, 0.2) is 0 Å². The molecule has 6 heteroatoms. The van der Waals surface area contributed by atoms with Crippen molar-refractivity contribution >= 4 is 30.0 Å². The highest BCUT2D eigenvalue weighted by atomic mass is 35.5. The zero-order valence-electron chi connectivity index (χ0n) is 10.8. The number of hydrogen-bond donors (Lipinski definition) is 0. The predicted molar refractivity (Wildman–Crippen MR) is 71.2 cm³/mol. The molecule has 0 unspecified atom stereocenters. The van der Waals surface area contributed by atoms with Crippen molar-refractivity contribution in [2.75, 3.05) is 0 Å². The molecule has 18 heavy (non-hydrogen) atoms. The number of rotatable bonds is 1. The van der Waals surface area contributed by atoms with Crippen molar-refractivity contribution < 1.29 is 9.31 Å². The summed E-state index contributed by atoms with van der Waals surface area (Å²) >= 11 is 5.99. The van der Waals surface area contributed by atoms with Crippen molar-refractivity contribution in [1.29, 1.82) is 0 Å². The van der Waals surface area contributed by atoms with E-state index in [0.717, 1.165) is 0 Å². The Morgan fingerprint density at radius 3 is 2.28 bits per heavy atom. The van der Waals surface area contributed by atoms with Crippen LogP contribution in [0, 0.1) is 6.57 Å². The number of halogens is 1. The van der Waals surface area contributed by atoms with Crippen LogP contribution in [0.25, 0.3) is 4.85 Å². The van der Waals surface area contributed by atoms with E-state index >= 15 is 0 Å². The average Bonchev–Trinajstić information content (AvgIpc) is 2.48. The number of pyridine rings is 1. The molecule has 0 aliphatic carbocycles. The molecule has 0 bridgehead atoms. The van der Waals surface area contributed by atoms with E-state index in [1.807, 2.05) is 27.7 Å². The first kappa shape index (κ1) is 13.3. The molecule has 4 nitrogen and oxygen atoms in total. The van der Waals surface area contributed by atoms with Crippen LogP contribution in [0.1, 0.15) is 27.7 Å². The molecule has 0 aromatic carbocycles. The summed E-state index contributed by atoms with van der Waals surface area (Å²) < 4.78 is 11.7. The van der Waals surface area contributed by atoms with E-state index in [-0.39, 0.29) is 0 Å². The van der Waals surface area contributed by atoms with E-state index in [4.69, 9.17) is 27.5 Å². The lowest BCUT2D eigenvalue weighted by atomic mass is 9.84. The molecule has 2 rings (SSSR count). The van der Waals surface area contributed by atoms with Gasteiger partial charge in [-0.3, -0.25) is 4.98 Å². The van der Waals surface area contributed by atoms with Crippen LogP contribution in [0.15, 0.2) is 12.3 Å². The first-order valence-corrected chi connectivity index (χ1v) is 6.03. The molecule has 0 spiro atoms. The van der Waals surface area contributed by atoms with Gasteiger partial charge >= 0.3 is 7.12 Å². The Bertz CT molecular complexity index is 509. The van der Waals surface area contributed by atoms with Crippen LogP contribution >= 0.6 is 11.6 Å². The second-order valence-electron chi connectivity index (χ2n) is 5.26. The summed E-state index contributed by atoms with van der Waals surface area (Å²) in [4.78, 5) is 7.44. The molecule has 0 atom stereocenters. The molecular weight excluding hydrogens is 250 g/mol. The molecular formula is C12H14BClN2O2. The third-order valence-electron chi connectivity index (χ3n) is 3.47. The van der Waals surface area contributed by atoms with Crippen molar-refractivity contribution in [3.63, 3.8) is 0 Å². The van der Waals surface area contributed by atoms with Gasteiger partial charge in [0.1, 0.15) is 0 Å². The molecule has 0 saturated carbocycles. The van der Waals surface area contributed by atoms with Crippen LogP contribution in [0.5, 0.6) is 0 Å². The maximum Gasteiger partial charge on any atom is 0.514 e. The van der Waals surface area contributed by atoms with Gasteiger partial charge in [-0.15, -0.1) is 0 Å². The van der Waals surface area contributed by atoms with Crippen LogP contribution in [0.2, 0.25) is 5.02 Å². The van der Waals surface area contributed by atoms with Gasteiger partial charge in [0, 0.05) is 11.2 Å². The molecule has 1 aliphatic heterocycles. The molecule has 1 saturated heterocycles. The lowest BCUT2D eigenvalue weighted by Gasteiger charge is -2.32. The van der Waals surface area contributed by atoms with Gasteiger partial charge in [-0.1, -0.05) is 11.6 Å². The van der Waals surface area contributed by atoms with Crippen molar-refractivity contribution in [3.05, 3.63) is 28.7 Å². The SMILES string of the molecule is [C-]#[N+]c1cnc(B2OC(C)(C)C(C)(C)O2)cc1Cl. The molecule has 94 valence electrons. The lowest BCUT2D eigenvalue weighted by molar-refractivity contribution is 0.00578. The van der Waals surface area contributed by atoms with Gasteiger partial charge in [0.25, 0.3) is 0 Å². The molecule has 1 aliphatic rings. The minimum Gasteiger partial charge on any atom is -0.398 e. The molecule has 1 fully saturated rings. The topological polar surface area (TPSA) is 35.7 Å². The first-order chi connectivity index (χ1) is 8.27. The third kappa shape index (κ3) is 2.12. The van der Waals surface area contributed by atoms with E-state index in [0.29, 0.717) is 16.3 Å². The van der Waals surface area contributed by atoms with Crippen molar-refractivity contribution in [1.82, 2.24) is 4.98 Å². The van der Waals surface area contributed by atoms with Crippen LogP contribution in [0.4, 0.5) is 5.69 Å². The summed E-state index contributed by atoms with van der Waals surface area (Å²) in [6.45, 7) is 14.8. The molecule has 0 N–H and O–H groups in total. The highest BCUT2D eigenvalue weighted by Crippen LogP contribution is 2.36. The minimum atomic E-state index is -0.549. The van der Waals surface area contributed by atoms with Gasteiger partial charge in [-0.05, 0) is 33.8 Å². The van der Waals surface area contributed by atoms with Crippen LogP contribution < -0.4 is 5.59 Å². The lowest BCUT2D eigenvalue weighted by Crippen LogP contribution is -2.41. The molecule has 1 aromatic rings. The van der Waals surface area contributed by atoms with Gasteiger partial charge in [-0.2, -0.15) is 0 Å². The highest BCUT2D eigenvalue weighted by molar-refractivity contribution is 6.61. The van der Waals surface area contributed by atoms with Gasteiger partial charge < -0.3 is 9.31 Å². The predicted octanol–water partition coefficient (Wildman–Crippen LogP) is 2.58. The van der Waals surface area contributed by atoms with Crippen molar-refractivity contribution in [2.24, 2.45) is 0 Å². The van der Waals surface area contributed by atoms with Gasteiger partial charge in [0.2, 0.25) is 5.69 Å². The summed E-state index contributed by atoms with van der Waals surface area (Å²) in [5.41, 5.74) is 0.0946. The Morgan fingerprint density at radius 1 is 1.28 bits per heavy atom. The summed E-state index contributed by atoms with van der Waals surface area (Å²) in [6, 6.07) is 1.62. The van der Waals surface area contributed by atoms with Gasteiger partial charge in [-0.25, -0.2) is 4.85 Å². The smallest absolute Gasteiger partial charge is 0.398 e. The molecule has 0 amide bonds. The minimum absolute atomic E-state index is 0.330. The second kappa shape index (κ2) is 4.23. The van der Waals surface area contributed by atoms with E-state index in [1.165, 1.54) is 6.20 Å². The Balaban J connectivity index is 2.31. The van der Waals surface area contributed by atoms with E-state index in [2.05, 4.69) is 9.83 Å². The Kier molecular flexibility index (Phi) is 3.14. The maximum atomic E-state index is 6.93. The Morgan fingerprint density at radius 2 is 1.83 bits per heavy atom. The second-order valence-corrected chi connectivity index (χ2v) is 5.67. The standard InChI is InChI=1S/C12H14BClN2O2/c1-11(2)12(3,4)18-13(17-11)10-6-8(14)9(15-5)7-16-10/h6-7H,1-4H3. The van der Waals surface area contributed by atoms with Gasteiger partial charge in [0.05, 0.1) is 23.4 Å². The monoisotopic (exact) mass is 264 g/mol. The largest absolute Gasteiger partial charge is 0.514 e. The van der Waals surface area contributed by atoms with Crippen molar-refractivity contribution in [2.45, 2.75) is 38.9 Å². The van der Waals surface area contributed by atoms with E-state index in [1.54, 1.807) is 6.07 Å². The maximum absolute atomic E-state index is 6.93. The quantitative estimate of drug-likeness (QED) is 0.578. The van der Waals surface area contributed by atoms with Crippen LogP contribution in [-0.4, -0.2) is 23.3 Å². The fourth-order valence-corrected chi connectivity index (χ4v) is 1.82. The fraction of sp³-hybridized carbons (Fsp3) is 0.500. The zero-order valence-corrected chi connectivity index (χ0v) is 11.6. The number of nitrogens with zero attached hydrogens (tertiary/aromatic N) is 2. The van der Waals surface area contributed by atoms with Crippen LogP contribution in [0.3, 0.4) is 0 Å².